The van der Waals surface area contributed by atoms with Crippen LogP contribution in [0.1, 0.15) is 31.1 Å². The van der Waals surface area contributed by atoms with Gasteiger partial charge in [-0.05, 0) is 18.1 Å². The molecule has 0 aliphatic heterocycles. The molecule has 9 nitrogen and oxygen atoms in total. The number of hydrazine groups is 1. The Morgan fingerprint density at radius 3 is 2.09 bits per heavy atom. The molecule has 0 aromatic heterocycles. The molecular formula is C14H18N4O5. The van der Waals surface area contributed by atoms with Gasteiger partial charge in [0.1, 0.15) is 6.04 Å². The number of carbonyl (C=O) groups excluding carboxylic acids is 3. The minimum atomic E-state index is -0.787. The zero-order valence-corrected chi connectivity index (χ0v) is 13.0. The topological polar surface area (TPSA) is 130 Å². The second-order valence-electron chi connectivity index (χ2n) is 5.17. The number of nitrogens with one attached hydrogen (secondary N) is 3. The number of hydrogen-bond acceptors (Lipinski definition) is 5. The highest BCUT2D eigenvalue weighted by Gasteiger charge is 2.23. The third kappa shape index (κ3) is 5.38. The molecular weight excluding hydrogens is 304 g/mol. The van der Waals surface area contributed by atoms with Gasteiger partial charge in [0.2, 0.25) is 5.91 Å². The van der Waals surface area contributed by atoms with Crippen molar-refractivity contribution in [2.75, 3.05) is 0 Å². The number of carbonyl (C=O) groups is 3. The average molecular weight is 322 g/mol. The molecule has 0 unspecified atom stereocenters. The van der Waals surface area contributed by atoms with Crippen LogP contribution in [-0.2, 0) is 9.59 Å². The van der Waals surface area contributed by atoms with Gasteiger partial charge in [-0.3, -0.25) is 35.3 Å². The summed E-state index contributed by atoms with van der Waals surface area (Å²) in [4.78, 5) is 44.9. The van der Waals surface area contributed by atoms with Crippen molar-refractivity contribution in [2.24, 2.45) is 5.92 Å². The molecule has 0 bridgehead atoms. The first kappa shape index (κ1) is 18.1. The largest absolute Gasteiger partial charge is 0.344 e. The number of benzene rings is 1. The van der Waals surface area contributed by atoms with Crippen molar-refractivity contribution in [2.45, 2.75) is 26.8 Å². The molecule has 0 saturated heterocycles. The molecule has 1 atom stereocenters. The van der Waals surface area contributed by atoms with Gasteiger partial charge >= 0.3 is 0 Å². The van der Waals surface area contributed by atoms with Crippen LogP contribution in [0, 0.1) is 16.0 Å². The van der Waals surface area contributed by atoms with Crippen molar-refractivity contribution in [3.63, 3.8) is 0 Å². The molecule has 0 saturated carbocycles. The Morgan fingerprint density at radius 1 is 1.09 bits per heavy atom. The summed E-state index contributed by atoms with van der Waals surface area (Å²) < 4.78 is 0. The first-order chi connectivity index (χ1) is 10.7. The molecule has 0 aliphatic carbocycles. The van der Waals surface area contributed by atoms with Gasteiger partial charge < -0.3 is 5.32 Å². The Balaban J connectivity index is 2.65. The van der Waals surface area contributed by atoms with Crippen LogP contribution in [0.4, 0.5) is 5.69 Å². The Bertz CT molecular complexity index is 612. The van der Waals surface area contributed by atoms with Gasteiger partial charge in [0.25, 0.3) is 17.5 Å². The first-order valence-electron chi connectivity index (χ1n) is 6.84. The molecule has 3 amide bonds. The van der Waals surface area contributed by atoms with Gasteiger partial charge in [-0.1, -0.05) is 13.8 Å². The molecule has 0 heterocycles. The second kappa shape index (κ2) is 7.87. The highest BCUT2D eigenvalue weighted by Crippen LogP contribution is 2.11. The van der Waals surface area contributed by atoms with E-state index >= 15 is 0 Å². The lowest BCUT2D eigenvalue weighted by Gasteiger charge is -2.20. The lowest BCUT2D eigenvalue weighted by molar-refractivity contribution is -0.384. The summed E-state index contributed by atoms with van der Waals surface area (Å²) in [6, 6.07) is 4.13. The number of nitrogens with zero attached hydrogens (tertiary/aromatic N) is 1. The van der Waals surface area contributed by atoms with Crippen LogP contribution in [0.2, 0.25) is 0 Å². The molecule has 9 heteroatoms. The lowest BCUT2D eigenvalue weighted by atomic mass is 10.0. The van der Waals surface area contributed by atoms with Crippen LogP contribution < -0.4 is 16.2 Å². The summed E-state index contributed by atoms with van der Waals surface area (Å²) >= 11 is 0. The Morgan fingerprint density at radius 2 is 1.65 bits per heavy atom. The zero-order valence-electron chi connectivity index (χ0n) is 13.0. The van der Waals surface area contributed by atoms with E-state index in [1.807, 2.05) is 0 Å². The van der Waals surface area contributed by atoms with Crippen molar-refractivity contribution in [1.82, 2.24) is 16.2 Å². The van der Waals surface area contributed by atoms with E-state index < -0.39 is 22.8 Å². The van der Waals surface area contributed by atoms with E-state index in [0.29, 0.717) is 0 Å². The summed E-state index contributed by atoms with van der Waals surface area (Å²) in [5, 5.41) is 13.0. The van der Waals surface area contributed by atoms with Crippen molar-refractivity contribution < 1.29 is 19.3 Å². The fourth-order valence-corrected chi connectivity index (χ4v) is 1.76. The van der Waals surface area contributed by atoms with Gasteiger partial charge in [0.15, 0.2) is 0 Å². The maximum Gasteiger partial charge on any atom is 0.269 e. The van der Waals surface area contributed by atoms with Crippen LogP contribution in [0.5, 0.6) is 0 Å². The van der Waals surface area contributed by atoms with Gasteiger partial charge in [0.05, 0.1) is 4.92 Å². The van der Waals surface area contributed by atoms with Crippen LogP contribution in [0.25, 0.3) is 0 Å². The van der Waals surface area contributed by atoms with Crippen molar-refractivity contribution in [1.29, 1.82) is 0 Å². The lowest BCUT2D eigenvalue weighted by Crippen LogP contribution is -2.54. The molecule has 1 rings (SSSR count). The Labute approximate surface area is 132 Å². The number of amides is 3. The van der Waals surface area contributed by atoms with E-state index in [4.69, 9.17) is 0 Å². The second-order valence-corrected chi connectivity index (χ2v) is 5.17. The van der Waals surface area contributed by atoms with Crippen LogP contribution in [-0.4, -0.2) is 28.7 Å². The Hall–Kier alpha value is -2.97. The van der Waals surface area contributed by atoms with Crippen molar-refractivity contribution in [3.8, 4) is 0 Å². The van der Waals surface area contributed by atoms with Crippen LogP contribution in [0.3, 0.4) is 0 Å². The van der Waals surface area contributed by atoms with Gasteiger partial charge in [-0.25, -0.2) is 0 Å². The maximum atomic E-state index is 12.0. The van der Waals surface area contributed by atoms with Crippen LogP contribution >= 0.6 is 0 Å². The van der Waals surface area contributed by atoms with Gasteiger partial charge in [0, 0.05) is 24.6 Å². The standard InChI is InChI=1S/C14H18N4O5/c1-8(2)12(15-9(3)19)14(21)17-16-13(20)10-4-6-11(7-5-10)18(22)23/h4-8,12H,1-3H3,(H,15,19)(H,16,20)(H,17,21)/t12-/m0/s1. The molecule has 1 aromatic carbocycles. The van der Waals surface area contributed by atoms with E-state index in [1.54, 1.807) is 13.8 Å². The highest BCUT2D eigenvalue weighted by molar-refractivity contribution is 5.96. The minimum Gasteiger partial charge on any atom is -0.344 e. The quantitative estimate of drug-likeness (QED) is 0.537. The molecule has 1 aromatic rings. The van der Waals surface area contributed by atoms with Crippen molar-refractivity contribution >= 4 is 23.4 Å². The van der Waals surface area contributed by atoms with E-state index in [0.717, 1.165) is 0 Å². The summed E-state index contributed by atoms with van der Waals surface area (Å²) in [5.41, 5.74) is 4.42. The first-order valence-corrected chi connectivity index (χ1v) is 6.84. The third-order valence-electron chi connectivity index (χ3n) is 2.95. The highest BCUT2D eigenvalue weighted by atomic mass is 16.6. The summed E-state index contributed by atoms with van der Waals surface area (Å²) in [6.45, 7) is 4.79. The number of hydrogen-bond donors (Lipinski definition) is 3. The third-order valence-corrected chi connectivity index (χ3v) is 2.95. The fourth-order valence-electron chi connectivity index (χ4n) is 1.76. The molecule has 124 valence electrons. The van der Waals surface area contributed by atoms with Crippen molar-refractivity contribution in [3.05, 3.63) is 39.9 Å². The predicted octanol–water partition coefficient (Wildman–Crippen LogP) is 0.516. The SMILES string of the molecule is CC(=O)N[C@H](C(=O)NNC(=O)c1ccc([N+](=O)[O-])cc1)C(C)C. The maximum absolute atomic E-state index is 12.0. The fraction of sp³-hybridized carbons (Fsp3) is 0.357. The van der Waals surface area contributed by atoms with E-state index in [2.05, 4.69) is 16.2 Å². The summed E-state index contributed by atoms with van der Waals surface area (Å²) in [7, 11) is 0. The predicted molar refractivity (Wildman–Crippen MR) is 81.1 cm³/mol. The van der Waals surface area contributed by atoms with E-state index in [1.165, 1.54) is 31.2 Å². The molecule has 3 N–H and O–H groups in total. The number of non-ortho nitro benzene ring substituents is 1. The summed E-state index contributed by atoms with van der Waals surface area (Å²) in [6.07, 6.45) is 0. The minimum absolute atomic E-state index is 0.142. The molecule has 23 heavy (non-hydrogen) atoms. The van der Waals surface area contributed by atoms with Gasteiger partial charge in [-0.2, -0.15) is 0 Å². The number of nitro benzene ring substituents is 1. The molecule has 0 spiro atoms. The number of rotatable bonds is 5. The molecule has 0 aliphatic rings. The van der Waals surface area contributed by atoms with E-state index in [-0.39, 0.29) is 23.1 Å². The number of nitro groups is 1. The molecule has 0 radical (unpaired) electrons. The molecule has 0 fully saturated rings. The normalized spacial score (nSPS) is 11.5. The smallest absolute Gasteiger partial charge is 0.269 e. The zero-order chi connectivity index (χ0) is 17.6. The monoisotopic (exact) mass is 322 g/mol. The van der Waals surface area contributed by atoms with E-state index in [9.17, 15) is 24.5 Å². The van der Waals surface area contributed by atoms with Gasteiger partial charge in [-0.15, -0.1) is 0 Å². The average Bonchev–Trinajstić information content (AvgIpc) is 2.49. The Kier molecular flexibility index (Phi) is 6.19. The van der Waals surface area contributed by atoms with Crippen LogP contribution in [0.15, 0.2) is 24.3 Å². The summed E-state index contributed by atoms with van der Waals surface area (Å²) in [5.74, 6) is -1.72.